The van der Waals surface area contributed by atoms with Crippen molar-refractivity contribution in [1.29, 1.82) is 0 Å². The molecule has 0 aliphatic carbocycles. The van der Waals surface area contributed by atoms with Crippen molar-refractivity contribution in [3.63, 3.8) is 0 Å². The smallest absolute Gasteiger partial charge is 0.410 e. The highest BCUT2D eigenvalue weighted by molar-refractivity contribution is 7.91. The third-order valence-corrected chi connectivity index (χ3v) is 11.9. The molecule has 12 nitrogen and oxygen atoms in total. The second-order valence-corrected chi connectivity index (χ2v) is 18.1. The van der Waals surface area contributed by atoms with Gasteiger partial charge in [0.2, 0.25) is 15.9 Å². The minimum Gasteiger partial charge on any atom is -0.453 e. The van der Waals surface area contributed by atoms with Crippen LogP contribution in [0.15, 0.2) is 140 Å². The van der Waals surface area contributed by atoms with Gasteiger partial charge in [0.1, 0.15) is 11.6 Å². The molecule has 1 fully saturated rings. The van der Waals surface area contributed by atoms with Crippen LogP contribution in [0.5, 0.6) is 0 Å². The van der Waals surface area contributed by atoms with Crippen LogP contribution >= 0.6 is 0 Å². The lowest BCUT2D eigenvalue weighted by Gasteiger charge is -2.40. The molecule has 3 atom stereocenters. The molecular weight excluding hydrogens is 805 g/mol. The molecule has 0 spiro atoms. The predicted molar refractivity (Wildman–Crippen MR) is 241 cm³/mol. The number of carbonyl (C=O) groups is 3. The molecule has 13 heteroatoms. The maximum Gasteiger partial charge on any atom is 0.410 e. The fourth-order valence-electron chi connectivity index (χ4n) is 7.64. The monoisotopic (exact) mass is 860 g/mol. The summed E-state index contributed by atoms with van der Waals surface area (Å²) in [4.78, 5) is 42.5. The van der Waals surface area contributed by atoms with E-state index in [9.17, 15) is 22.8 Å². The Bertz CT molecular complexity index is 2320. The van der Waals surface area contributed by atoms with E-state index in [4.69, 9.17) is 14.2 Å². The summed E-state index contributed by atoms with van der Waals surface area (Å²) in [7, 11) is -2.42. The number of anilines is 2. The molecule has 6 rings (SSSR count). The van der Waals surface area contributed by atoms with Crippen LogP contribution < -0.4 is 15.4 Å². The fourth-order valence-corrected chi connectivity index (χ4v) is 8.88. The lowest BCUT2D eigenvalue weighted by atomic mass is 9.84. The number of morpholine rings is 1. The van der Waals surface area contributed by atoms with Gasteiger partial charge in [0.15, 0.2) is 0 Å². The first-order chi connectivity index (χ1) is 29.8. The van der Waals surface area contributed by atoms with Crippen LogP contribution in [0.3, 0.4) is 0 Å². The van der Waals surface area contributed by atoms with E-state index in [-0.39, 0.29) is 31.1 Å². The van der Waals surface area contributed by atoms with Gasteiger partial charge < -0.3 is 29.7 Å². The van der Waals surface area contributed by atoms with Gasteiger partial charge in [-0.2, -0.15) is 0 Å². The first-order valence-corrected chi connectivity index (χ1v) is 22.5. The molecule has 0 bridgehead atoms. The van der Waals surface area contributed by atoms with E-state index < -0.39 is 45.7 Å². The molecule has 326 valence electrons. The Morgan fingerprint density at radius 3 is 1.87 bits per heavy atom. The number of alkyl carbamates (subject to hydrolysis) is 1. The molecule has 1 aliphatic heterocycles. The number of sulfonamides is 1. The number of aryl methyl sites for hydroxylation is 2. The Morgan fingerprint density at radius 1 is 0.742 bits per heavy atom. The summed E-state index contributed by atoms with van der Waals surface area (Å²) in [5, 5.41) is 5.89. The average Bonchev–Trinajstić information content (AvgIpc) is 3.25. The summed E-state index contributed by atoms with van der Waals surface area (Å²) in [6, 6.07) is 41.5. The maximum absolute atomic E-state index is 14.3. The fraction of sp³-hybridized carbons (Fsp3) is 0.327. The first kappa shape index (κ1) is 45.3. The second-order valence-electron chi connectivity index (χ2n) is 16.4. The molecule has 1 heterocycles. The Hall–Kier alpha value is -6.18. The van der Waals surface area contributed by atoms with Gasteiger partial charge >= 0.3 is 12.2 Å². The van der Waals surface area contributed by atoms with Crippen molar-refractivity contribution in [3.05, 3.63) is 167 Å². The van der Waals surface area contributed by atoms with Crippen molar-refractivity contribution in [2.75, 3.05) is 30.3 Å². The van der Waals surface area contributed by atoms with Crippen molar-refractivity contribution in [3.8, 4) is 0 Å². The summed E-state index contributed by atoms with van der Waals surface area (Å²) >= 11 is 0. The number of methoxy groups -OCH3 is 1. The highest BCUT2D eigenvalue weighted by Crippen LogP contribution is 2.31. The van der Waals surface area contributed by atoms with Gasteiger partial charge in [-0.05, 0) is 86.4 Å². The molecule has 0 aromatic heterocycles. The Labute approximate surface area is 365 Å². The van der Waals surface area contributed by atoms with Crippen LogP contribution in [0.4, 0.5) is 21.0 Å². The lowest BCUT2D eigenvalue weighted by Crippen LogP contribution is -2.53. The number of carbonyl (C=O) groups excluding carboxylic acids is 3. The Kier molecular flexibility index (Phi) is 15.4. The van der Waals surface area contributed by atoms with E-state index in [1.54, 1.807) is 29.2 Å². The van der Waals surface area contributed by atoms with Crippen LogP contribution in [-0.2, 0) is 47.6 Å². The summed E-state index contributed by atoms with van der Waals surface area (Å²) in [6.07, 6.45) is 0.517. The highest BCUT2D eigenvalue weighted by atomic mass is 32.2. The molecule has 1 saturated heterocycles. The van der Waals surface area contributed by atoms with Crippen molar-refractivity contribution in [2.45, 2.75) is 81.9 Å². The van der Waals surface area contributed by atoms with E-state index in [0.29, 0.717) is 42.6 Å². The molecule has 3 amide bonds. The second kappa shape index (κ2) is 21.1. The summed E-state index contributed by atoms with van der Waals surface area (Å²) in [6.45, 7) is 6.02. The van der Waals surface area contributed by atoms with Crippen molar-refractivity contribution >= 4 is 39.5 Å². The van der Waals surface area contributed by atoms with Crippen LogP contribution in [0.2, 0.25) is 0 Å². The number of amides is 3. The average molecular weight is 861 g/mol. The van der Waals surface area contributed by atoms with Gasteiger partial charge in [-0.15, -0.1) is 0 Å². The number of hydrogen-bond donors (Lipinski definition) is 3. The number of para-hydroxylation sites is 2. The molecule has 1 aliphatic rings. The molecular formula is C49H56N4O8S. The largest absolute Gasteiger partial charge is 0.453 e. The van der Waals surface area contributed by atoms with E-state index in [2.05, 4.69) is 15.4 Å². The number of nitrogens with one attached hydrogen (secondary N) is 3. The predicted octanol–water partition coefficient (Wildman–Crippen LogP) is 8.69. The molecule has 0 radical (unpaired) electrons. The highest BCUT2D eigenvalue weighted by Gasteiger charge is 2.36. The number of hydrogen-bond acceptors (Lipinski definition) is 8. The zero-order chi connectivity index (χ0) is 44.1. The minimum atomic E-state index is -3.69. The summed E-state index contributed by atoms with van der Waals surface area (Å²) in [5.41, 5.74) is 4.39. The Balaban J connectivity index is 1.15. The number of ether oxygens (including phenoxy) is 3. The van der Waals surface area contributed by atoms with Crippen LogP contribution in [0, 0.1) is 0 Å². The first-order valence-electron chi connectivity index (χ1n) is 20.8. The topological polar surface area (TPSA) is 152 Å². The maximum atomic E-state index is 14.3. The summed E-state index contributed by atoms with van der Waals surface area (Å²) < 4.78 is 46.3. The summed E-state index contributed by atoms with van der Waals surface area (Å²) in [5.74, 6) is -1.10. The molecule has 3 N–H and O–H groups in total. The van der Waals surface area contributed by atoms with Gasteiger partial charge in [0.25, 0.3) is 0 Å². The zero-order valence-corrected chi connectivity index (χ0v) is 36.5. The quantitative estimate of drug-likeness (QED) is 0.0892. The minimum absolute atomic E-state index is 0.153. The molecule has 0 saturated carbocycles. The number of rotatable bonds is 16. The standard InChI is InChI=1S/C49H56N4O8S/c1-49(2,3)61-48(56)53-32-41(60-33-40(53)30-28-37-21-15-17-27-43(37)52-62(57,58)34-35-18-8-5-9-19-35)31-29-36-20-14-16-26-42(36)50-46(54)45(51-47(55)59-4)44(38-22-10-6-11-23-38)39-24-12-7-13-25-39/h5-27,40-41,44-45,52H,28-34H2,1-4H3,(H,50,54)(H,51,55)/t40-,41-,45+/m1/s1. The third-order valence-electron chi connectivity index (χ3n) is 10.6. The van der Waals surface area contributed by atoms with E-state index in [0.717, 1.165) is 22.3 Å². The normalized spacial score (nSPS) is 15.9. The number of benzene rings is 5. The van der Waals surface area contributed by atoms with Crippen LogP contribution in [-0.4, -0.2) is 75.5 Å². The third kappa shape index (κ3) is 12.9. The SMILES string of the molecule is COC(=O)N[C@H](C(=O)Nc1ccccc1CC[C@@H]1CN(C(=O)OC(C)(C)C)[C@H](CCc2ccccc2NS(=O)(=O)Cc2ccccc2)CO1)C(c1ccccc1)c1ccccc1. The lowest BCUT2D eigenvalue weighted by molar-refractivity contribution is -0.118. The molecule has 5 aromatic carbocycles. The van der Waals surface area contributed by atoms with Crippen molar-refractivity contribution < 1.29 is 37.0 Å². The van der Waals surface area contributed by atoms with Gasteiger partial charge in [-0.25, -0.2) is 18.0 Å². The van der Waals surface area contributed by atoms with E-state index in [1.165, 1.54) is 7.11 Å². The number of nitrogens with zero attached hydrogens (tertiary/aromatic N) is 1. The molecule has 0 unspecified atom stereocenters. The van der Waals surface area contributed by atoms with Gasteiger partial charge in [0.05, 0.1) is 43.8 Å². The van der Waals surface area contributed by atoms with Gasteiger partial charge in [-0.3, -0.25) is 9.52 Å². The van der Waals surface area contributed by atoms with E-state index in [1.807, 2.05) is 136 Å². The van der Waals surface area contributed by atoms with Crippen LogP contribution in [0.25, 0.3) is 0 Å². The van der Waals surface area contributed by atoms with Gasteiger partial charge in [-0.1, -0.05) is 127 Å². The van der Waals surface area contributed by atoms with E-state index >= 15 is 0 Å². The van der Waals surface area contributed by atoms with Crippen LogP contribution in [0.1, 0.15) is 67.3 Å². The zero-order valence-electron chi connectivity index (χ0n) is 35.7. The Morgan fingerprint density at radius 2 is 1.27 bits per heavy atom. The molecule has 62 heavy (non-hydrogen) atoms. The van der Waals surface area contributed by atoms with Gasteiger partial charge in [0, 0.05) is 11.6 Å². The van der Waals surface area contributed by atoms with Crippen molar-refractivity contribution in [1.82, 2.24) is 10.2 Å². The van der Waals surface area contributed by atoms with Crippen molar-refractivity contribution in [2.24, 2.45) is 0 Å². The molecule has 5 aromatic rings.